The SMILES string of the molecule is CN=C(NCc1nc(C(F)(F)F)cs1)NCc1nccn1CCc1ccccc1. The minimum atomic E-state index is -4.43. The number of hydrogen-bond acceptors (Lipinski definition) is 4. The third-order valence-corrected chi connectivity index (χ3v) is 5.02. The van der Waals surface area contributed by atoms with Gasteiger partial charge < -0.3 is 15.2 Å². The van der Waals surface area contributed by atoms with E-state index in [0.717, 1.165) is 35.5 Å². The summed E-state index contributed by atoms with van der Waals surface area (Å²) in [5.74, 6) is 1.31. The van der Waals surface area contributed by atoms with Crippen LogP contribution in [0.3, 0.4) is 0 Å². The number of guanidine groups is 1. The molecule has 2 aromatic heterocycles. The molecule has 10 heteroatoms. The summed E-state index contributed by atoms with van der Waals surface area (Å²) in [6.07, 6.45) is 0.130. The Hall–Kier alpha value is -2.88. The highest BCUT2D eigenvalue weighted by molar-refractivity contribution is 7.09. The molecular weight excluding hydrogens is 401 g/mol. The highest BCUT2D eigenvalue weighted by Gasteiger charge is 2.33. The Labute approximate surface area is 170 Å². The first-order valence-corrected chi connectivity index (χ1v) is 9.83. The van der Waals surface area contributed by atoms with Crippen molar-refractivity contribution in [1.29, 1.82) is 0 Å². The van der Waals surface area contributed by atoms with Crippen LogP contribution in [0.5, 0.6) is 0 Å². The van der Waals surface area contributed by atoms with Gasteiger partial charge in [-0.15, -0.1) is 11.3 Å². The molecule has 0 atom stereocenters. The average Bonchev–Trinajstić information content (AvgIpc) is 3.36. The number of halogens is 3. The first kappa shape index (κ1) is 20.8. The van der Waals surface area contributed by atoms with Gasteiger partial charge in [0.25, 0.3) is 0 Å². The Kier molecular flexibility index (Phi) is 6.86. The Morgan fingerprint density at radius 2 is 1.93 bits per heavy atom. The number of nitrogens with zero attached hydrogens (tertiary/aromatic N) is 4. The van der Waals surface area contributed by atoms with Crippen LogP contribution in [0.1, 0.15) is 22.1 Å². The predicted molar refractivity (Wildman–Crippen MR) is 107 cm³/mol. The van der Waals surface area contributed by atoms with Crippen molar-refractivity contribution in [2.24, 2.45) is 4.99 Å². The zero-order valence-corrected chi connectivity index (χ0v) is 16.6. The summed E-state index contributed by atoms with van der Waals surface area (Å²) in [6, 6.07) is 10.2. The highest BCUT2D eigenvalue weighted by atomic mass is 32.1. The van der Waals surface area contributed by atoms with Crippen molar-refractivity contribution < 1.29 is 13.2 Å². The van der Waals surface area contributed by atoms with Gasteiger partial charge in [0.15, 0.2) is 11.7 Å². The topological polar surface area (TPSA) is 67.1 Å². The summed E-state index contributed by atoms with van der Waals surface area (Å²) in [5, 5.41) is 7.45. The van der Waals surface area contributed by atoms with E-state index in [2.05, 4.69) is 42.3 Å². The molecule has 0 aliphatic rings. The van der Waals surface area contributed by atoms with Crippen molar-refractivity contribution >= 4 is 17.3 Å². The molecule has 3 aromatic rings. The van der Waals surface area contributed by atoms with E-state index in [0.29, 0.717) is 17.5 Å². The van der Waals surface area contributed by atoms with E-state index in [4.69, 9.17) is 0 Å². The summed E-state index contributed by atoms with van der Waals surface area (Å²) >= 11 is 0.959. The maximum absolute atomic E-state index is 12.6. The molecule has 29 heavy (non-hydrogen) atoms. The van der Waals surface area contributed by atoms with E-state index in [-0.39, 0.29) is 6.54 Å². The van der Waals surface area contributed by atoms with Gasteiger partial charge in [-0.1, -0.05) is 30.3 Å². The Morgan fingerprint density at radius 1 is 1.17 bits per heavy atom. The number of aromatic nitrogens is 3. The number of aliphatic imine (C=N–C) groups is 1. The van der Waals surface area contributed by atoms with Gasteiger partial charge in [-0.3, -0.25) is 4.99 Å². The number of benzene rings is 1. The smallest absolute Gasteiger partial charge is 0.350 e. The molecule has 1 aromatic carbocycles. The van der Waals surface area contributed by atoms with Crippen LogP contribution < -0.4 is 10.6 Å². The second-order valence-corrected chi connectivity index (χ2v) is 7.12. The fourth-order valence-electron chi connectivity index (χ4n) is 2.67. The molecule has 0 amide bonds. The second-order valence-electron chi connectivity index (χ2n) is 6.18. The lowest BCUT2D eigenvalue weighted by molar-refractivity contribution is -0.140. The second kappa shape index (κ2) is 9.55. The highest BCUT2D eigenvalue weighted by Crippen LogP contribution is 2.29. The van der Waals surface area contributed by atoms with Gasteiger partial charge in [-0.2, -0.15) is 13.2 Å². The van der Waals surface area contributed by atoms with Crippen molar-refractivity contribution in [1.82, 2.24) is 25.2 Å². The van der Waals surface area contributed by atoms with Gasteiger partial charge in [-0.05, 0) is 12.0 Å². The van der Waals surface area contributed by atoms with Gasteiger partial charge in [0.1, 0.15) is 10.8 Å². The first-order valence-electron chi connectivity index (χ1n) is 8.96. The monoisotopic (exact) mass is 422 g/mol. The van der Waals surface area contributed by atoms with E-state index < -0.39 is 11.9 Å². The molecule has 6 nitrogen and oxygen atoms in total. The minimum Gasteiger partial charge on any atom is -0.350 e. The van der Waals surface area contributed by atoms with Crippen LogP contribution in [-0.2, 0) is 32.2 Å². The van der Waals surface area contributed by atoms with Crippen LogP contribution in [0, 0.1) is 0 Å². The molecule has 154 valence electrons. The Bertz CT molecular complexity index is 933. The Balaban J connectivity index is 1.50. The largest absolute Gasteiger partial charge is 0.434 e. The normalized spacial score (nSPS) is 12.2. The molecule has 3 rings (SSSR count). The van der Waals surface area contributed by atoms with E-state index in [1.54, 1.807) is 13.2 Å². The standard InChI is InChI=1S/C19H21F3N6S/c1-23-18(26-12-17-27-15(13-29-17)19(20,21)22)25-11-16-24-8-10-28(16)9-7-14-5-3-2-4-6-14/h2-6,8,10,13H,7,9,11-12H2,1H3,(H2,23,25,26). The van der Waals surface area contributed by atoms with E-state index in [1.165, 1.54) is 5.56 Å². The van der Waals surface area contributed by atoms with E-state index in [1.807, 2.05) is 24.4 Å². The van der Waals surface area contributed by atoms with Crippen LogP contribution in [0.15, 0.2) is 53.1 Å². The number of imidazole rings is 1. The summed E-state index contributed by atoms with van der Waals surface area (Å²) in [6.45, 7) is 1.39. The molecule has 0 radical (unpaired) electrons. The first-order chi connectivity index (χ1) is 14.0. The van der Waals surface area contributed by atoms with Gasteiger partial charge in [0, 0.05) is 31.4 Å². The fourth-order valence-corrected chi connectivity index (χ4v) is 3.41. The molecule has 2 heterocycles. The lowest BCUT2D eigenvalue weighted by Crippen LogP contribution is -2.37. The van der Waals surface area contributed by atoms with Gasteiger partial charge >= 0.3 is 6.18 Å². The molecule has 0 spiro atoms. The number of alkyl halides is 3. The van der Waals surface area contributed by atoms with Crippen LogP contribution >= 0.6 is 11.3 Å². The number of thiazole rings is 1. The molecule has 0 unspecified atom stereocenters. The van der Waals surface area contributed by atoms with Crippen molar-refractivity contribution in [2.45, 2.75) is 32.2 Å². The van der Waals surface area contributed by atoms with Gasteiger partial charge in [0.2, 0.25) is 0 Å². The number of aryl methyl sites for hydroxylation is 2. The molecule has 0 fully saturated rings. The quantitative estimate of drug-likeness (QED) is 0.452. The van der Waals surface area contributed by atoms with Gasteiger partial charge in [-0.25, -0.2) is 9.97 Å². The lowest BCUT2D eigenvalue weighted by atomic mass is 10.1. The van der Waals surface area contributed by atoms with Crippen LogP contribution in [0.25, 0.3) is 0 Å². The third kappa shape index (κ3) is 6.05. The molecule has 0 aliphatic heterocycles. The molecule has 0 bridgehead atoms. The summed E-state index contributed by atoms with van der Waals surface area (Å²) in [7, 11) is 1.60. The lowest BCUT2D eigenvalue weighted by Gasteiger charge is -2.12. The molecule has 0 saturated carbocycles. The Morgan fingerprint density at radius 3 is 2.62 bits per heavy atom. The molecule has 0 saturated heterocycles. The van der Waals surface area contributed by atoms with Crippen molar-refractivity contribution in [3.8, 4) is 0 Å². The summed E-state index contributed by atoms with van der Waals surface area (Å²) < 4.78 is 40.0. The van der Waals surface area contributed by atoms with Crippen molar-refractivity contribution in [3.63, 3.8) is 0 Å². The maximum atomic E-state index is 12.6. The maximum Gasteiger partial charge on any atom is 0.434 e. The van der Waals surface area contributed by atoms with Crippen molar-refractivity contribution in [2.75, 3.05) is 7.05 Å². The van der Waals surface area contributed by atoms with E-state index >= 15 is 0 Å². The predicted octanol–water partition coefficient (Wildman–Crippen LogP) is 3.47. The fraction of sp³-hybridized carbons (Fsp3) is 0.316. The number of rotatable bonds is 7. The number of hydrogen-bond donors (Lipinski definition) is 2. The number of nitrogens with one attached hydrogen (secondary N) is 2. The average molecular weight is 422 g/mol. The third-order valence-electron chi connectivity index (χ3n) is 4.17. The van der Waals surface area contributed by atoms with Crippen molar-refractivity contribution in [3.05, 3.63) is 70.2 Å². The van der Waals surface area contributed by atoms with Crippen LogP contribution in [0.2, 0.25) is 0 Å². The zero-order chi connectivity index (χ0) is 20.7. The minimum absolute atomic E-state index is 0.156. The van der Waals surface area contributed by atoms with E-state index in [9.17, 15) is 13.2 Å². The molecular formula is C19H21F3N6S. The summed E-state index contributed by atoms with van der Waals surface area (Å²) in [5.41, 5.74) is 0.377. The molecule has 0 aliphatic carbocycles. The summed E-state index contributed by atoms with van der Waals surface area (Å²) in [4.78, 5) is 12.1. The zero-order valence-electron chi connectivity index (χ0n) is 15.8. The van der Waals surface area contributed by atoms with Gasteiger partial charge in [0.05, 0.1) is 13.1 Å². The van der Waals surface area contributed by atoms with Crippen LogP contribution in [0.4, 0.5) is 13.2 Å². The van der Waals surface area contributed by atoms with Crippen LogP contribution in [-0.4, -0.2) is 27.5 Å². The molecule has 2 N–H and O–H groups in total.